The van der Waals surface area contributed by atoms with Crippen molar-refractivity contribution in [1.29, 1.82) is 0 Å². The minimum Gasteiger partial charge on any atom is -0.462 e. The van der Waals surface area contributed by atoms with Crippen molar-refractivity contribution in [3.8, 4) is 0 Å². The second kappa shape index (κ2) is 37.2. The molecule has 2 atom stereocenters. The van der Waals surface area contributed by atoms with Gasteiger partial charge in [-0.1, -0.05) is 207 Å². The maximum atomic E-state index is 12.2. The molecule has 1 N–H and O–H groups in total. The van der Waals surface area contributed by atoms with Gasteiger partial charge in [-0.25, -0.2) is 0 Å². The highest BCUT2D eigenvalue weighted by Crippen LogP contribution is 2.17. The molecule has 5 nitrogen and oxygen atoms in total. The number of carbonyl (C=O) groups excluding carboxylic acids is 2. The first-order valence-electron chi connectivity index (χ1n) is 21.3. The fourth-order valence-corrected chi connectivity index (χ4v) is 6.48. The summed E-state index contributed by atoms with van der Waals surface area (Å²) < 4.78 is 10.6. The van der Waals surface area contributed by atoms with Crippen LogP contribution in [0.5, 0.6) is 0 Å². The monoisotopic (exact) mass is 681 g/mol. The van der Waals surface area contributed by atoms with Crippen LogP contribution in [0.15, 0.2) is 0 Å². The Balaban J connectivity index is 3.49. The lowest BCUT2D eigenvalue weighted by atomic mass is 9.99. The van der Waals surface area contributed by atoms with E-state index in [9.17, 15) is 14.7 Å². The molecule has 0 aliphatic rings. The van der Waals surface area contributed by atoms with Crippen molar-refractivity contribution in [1.82, 2.24) is 0 Å². The first-order valence-corrected chi connectivity index (χ1v) is 21.3. The lowest BCUT2D eigenvalue weighted by Gasteiger charge is -2.15. The van der Waals surface area contributed by atoms with Gasteiger partial charge in [0.05, 0.1) is 6.61 Å². The average Bonchev–Trinajstić information content (AvgIpc) is 3.07. The van der Waals surface area contributed by atoms with Crippen molar-refractivity contribution in [3.63, 3.8) is 0 Å². The molecule has 5 heteroatoms. The molecule has 0 aromatic carbocycles. The number of esters is 2. The van der Waals surface area contributed by atoms with Gasteiger partial charge in [0.15, 0.2) is 6.10 Å². The van der Waals surface area contributed by atoms with Crippen molar-refractivity contribution in [2.24, 2.45) is 11.8 Å². The van der Waals surface area contributed by atoms with E-state index in [0.717, 1.165) is 43.9 Å². The van der Waals surface area contributed by atoms with E-state index in [4.69, 9.17) is 9.47 Å². The minimum atomic E-state index is -0.763. The fraction of sp³-hybridized carbons (Fsp3) is 0.953. The van der Waals surface area contributed by atoms with Gasteiger partial charge in [0, 0.05) is 12.8 Å². The summed E-state index contributed by atoms with van der Waals surface area (Å²) in [5, 5.41) is 9.57. The lowest BCUT2D eigenvalue weighted by molar-refractivity contribution is -0.161. The third-order valence-corrected chi connectivity index (χ3v) is 10.1. The summed E-state index contributed by atoms with van der Waals surface area (Å²) >= 11 is 0. The molecular weight excluding hydrogens is 596 g/mol. The molecular formula is C43H84O5. The number of hydrogen-bond donors (Lipinski definition) is 1. The highest BCUT2D eigenvalue weighted by Gasteiger charge is 2.16. The third kappa shape index (κ3) is 36.2. The van der Waals surface area contributed by atoms with E-state index < -0.39 is 6.10 Å². The second-order valence-electron chi connectivity index (χ2n) is 15.5. The Labute approximate surface area is 299 Å². The molecule has 0 heterocycles. The van der Waals surface area contributed by atoms with Crippen molar-refractivity contribution in [2.45, 2.75) is 239 Å². The number of rotatable bonds is 38. The highest BCUT2D eigenvalue weighted by molar-refractivity contribution is 5.70. The van der Waals surface area contributed by atoms with Crippen LogP contribution in [-0.2, 0) is 19.1 Å². The zero-order valence-electron chi connectivity index (χ0n) is 32.9. The molecule has 0 saturated heterocycles. The normalized spacial score (nSPS) is 12.8. The molecule has 0 aliphatic carbocycles. The summed E-state index contributed by atoms with van der Waals surface area (Å²) in [7, 11) is 0. The number of aliphatic hydroxyl groups is 1. The zero-order valence-corrected chi connectivity index (χ0v) is 32.9. The maximum Gasteiger partial charge on any atom is 0.306 e. The molecule has 0 amide bonds. The standard InChI is InChI=1S/C43H84O5/c1-5-40(4)34-30-26-22-18-14-10-6-7-11-16-20-24-28-32-36-43(46)48-41(37-44)38-47-42(45)35-31-27-23-19-15-12-8-9-13-17-21-25-29-33-39(2)3/h39-41,44H,5-38H2,1-4H3/t40?,41-/m0/s1. The van der Waals surface area contributed by atoms with Crippen LogP contribution in [0.4, 0.5) is 0 Å². The predicted octanol–water partition coefficient (Wildman–Crippen LogP) is 13.2. The first kappa shape index (κ1) is 46.9. The molecule has 0 aliphatic heterocycles. The summed E-state index contributed by atoms with van der Waals surface area (Å²) in [6.45, 7) is 8.91. The number of ether oxygens (including phenoxy) is 2. The SMILES string of the molecule is CCC(C)CCCCCCCCCCCCCCCCC(=O)O[C@@H](CO)COC(=O)CCCCCCCCCCCCCCCC(C)C. The van der Waals surface area contributed by atoms with Crippen LogP contribution in [0.1, 0.15) is 233 Å². The summed E-state index contributed by atoms with van der Waals surface area (Å²) in [6.07, 6.45) is 38.7. The van der Waals surface area contributed by atoms with E-state index in [2.05, 4.69) is 27.7 Å². The van der Waals surface area contributed by atoms with Gasteiger partial charge in [-0.05, 0) is 24.7 Å². The molecule has 0 aromatic rings. The van der Waals surface area contributed by atoms with E-state index >= 15 is 0 Å². The Hall–Kier alpha value is -1.10. The van der Waals surface area contributed by atoms with Gasteiger partial charge in [0.25, 0.3) is 0 Å². The van der Waals surface area contributed by atoms with Gasteiger partial charge in [-0.3, -0.25) is 9.59 Å². The molecule has 286 valence electrons. The smallest absolute Gasteiger partial charge is 0.306 e. The van der Waals surface area contributed by atoms with Gasteiger partial charge in [-0.2, -0.15) is 0 Å². The molecule has 0 fully saturated rings. The Morgan fingerprint density at radius 1 is 0.479 bits per heavy atom. The van der Waals surface area contributed by atoms with E-state index in [1.165, 1.54) is 161 Å². The molecule has 0 radical (unpaired) electrons. The molecule has 0 aromatic heterocycles. The van der Waals surface area contributed by atoms with Crippen molar-refractivity contribution in [3.05, 3.63) is 0 Å². The van der Waals surface area contributed by atoms with E-state index in [0.29, 0.717) is 12.8 Å². The Bertz CT molecular complexity index is 678. The van der Waals surface area contributed by atoms with Crippen LogP contribution in [-0.4, -0.2) is 36.4 Å². The van der Waals surface area contributed by atoms with E-state index in [1.54, 1.807) is 0 Å². The van der Waals surface area contributed by atoms with Crippen molar-refractivity contribution < 1.29 is 24.2 Å². The molecule has 0 bridgehead atoms. The van der Waals surface area contributed by atoms with Gasteiger partial charge in [-0.15, -0.1) is 0 Å². The first-order chi connectivity index (χ1) is 23.4. The quantitative estimate of drug-likeness (QED) is 0.0519. The average molecular weight is 681 g/mol. The molecule has 0 rings (SSSR count). The summed E-state index contributed by atoms with van der Waals surface area (Å²) in [4.78, 5) is 24.3. The maximum absolute atomic E-state index is 12.2. The van der Waals surface area contributed by atoms with Crippen molar-refractivity contribution in [2.75, 3.05) is 13.2 Å². The zero-order chi connectivity index (χ0) is 35.3. The number of aliphatic hydroxyl groups excluding tert-OH is 1. The van der Waals surface area contributed by atoms with E-state index in [1.807, 2.05) is 0 Å². The van der Waals surface area contributed by atoms with Gasteiger partial charge >= 0.3 is 11.9 Å². The van der Waals surface area contributed by atoms with Crippen LogP contribution in [0, 0.1) is 11.8 Å². The number of unbranched alkanes of at least 4 members (excludes halogenated alkanes) is 25. The van der Waals surface area contributed by atoms with E-state index in [-0.39, 0.29) is 25.2 Å². The minimum absolute atomic E-state index is 0.0581. The van der Waals surface area contributed by atoms with Crippen LogP contribution in [0.2, 0.25) is 0 Å². The number of carbonyl (C=O) groups is 2. The molecule has 0 saturated carbocycles. The second-order valence-corrected chi connectivity index (χ2v) is 15.5. The molecule has 1 unspecified atom stereocenters. The topological polar surface area (TPSA) is 72.8 Å². The summed E-state index contributed by atoms with van der Waals surface area (Å²) in [5.41, 5.74) is 0. The largest absolute Gasteiger partial charge is 0.462 e. The highest BCUT2D eigenvalue weighted by atomic mass is 16.6. The molecule has 0 spiro atoms. The van der Waals surface area contributed by atoms with Gasteiger partial charge in [0.2, 0.25) is 0 Å². The van der Waals surface area contributed by atoms with Crippen LogP contribution < -0.4 is 0 Å². The Morgan fingerprint density at radius 2 is 0.812 bits per heavy atom. The van der Waals surface area contributed by atoms with Gasteiger partial charge < -0.3 is 14.6 Å². The van der Waals surface area contributed by atoms with Crippen molar-refractivity contribution >= 4 is 11.9 Å². The van der Waals surface area contributed by atoms with Crippen LogP contribution in [0.25, 0.3) is 0 Å². The third-order valence-electron chi connectivity index (χ3n) is 10.1. The molecule has 48 heavy (non-hydrogen) atoms. The Kier molecular flexibility index (Phi) is 36.3. The lowest BCUT2D eigenvalue weighted by Crippen LogP contribution is -2.28. The van der Waals surface area contributed by atoms with Gasteiger partial charge in [0.1, 0.15) is 6.61 Å². The number of hydrogen-bond acceptors (Lipinski definition) is 5. The van der Waals surface area contributed by atoms with Crippen LogP contribution >= 0.6 is 0 Å². The summed E-state index contributed by atoms with van der Waals surface area (Å²) in [6, 6.07) is 0. The summed E-state index contributed by atoms with van der Waals surface area (Å²) in [5.74, 6) is 1.17. The predicted molar refractivity (Wildman–Crippen MR) is 205 cm³/mol. The fourth-order valence-electron chi connectivity index (χ4n) is 6.48. The Morgan fingerprint density at radius 3 is 1.17 bits per heavy atom. The van der Waals surface area contributed by atoms with Crippen LogP contribution in [0.3, 0.4) is 0 Å².